The first-order valence-electron chi connectivity index (χ1n) is 6.77. The molecule has 106 valence electrons. The normalized spacial score (nSPS) is 11.5. The van der Waals surface area contributed by atoms with Crippen LogP contribution in [0, 0.1) is 31.1 Å². The molecule has 0 fully saturated rings. The van der Waals surface area contributed by atoms with Gasteiger partial charge in [0.2, 0.25) is 5.91 Å². The van der Waals surface area contributed by atoms with E-state index in [-0.39, 0.29) is 5.91 Å². The molecule has 1 unspecified atom stereocenters. The molecule has 1 aromatic heterocycles. The first-order chi connectivity index (χ1) is 10.1. The van der Waals surface area contributed by atoms with E-state index >= 15 is 0 Å². The molecule has 1 N–H and O–H groups in total. The van der Waals surface area contributed by atoms with Crippen LogP contribution in [-0.4, -0.2) is 10.9 Å². The van der Waals surface area contributed by atoms with E-state index in [1.807, 2.05) is 44.2 Å². The van der Waals surface area contributed by atoms with Crippen LogP contribution >= 0.6 is 0 Å². The second-order valence-corrected chi connectivity index (χ2v) is 4.98. The summed E-state index contributed by atoms with van der Waals surface area (Å²) in [4.78, 5) is 16.2. The summed E-state index contributed by atoms with van der Waals surface area (Å²) in [5.74, 6) is -0.990. The van der Waals surface area contributed by atoms with Gasteiger partial charge in [-0.2, -0.15) is 5.26 Å². The second-order valence-electron chi connectivity index (χ2n) is 4.98. The molecule has 0 aliphatic carbocycles. The van der Waals surface area contributed by atoms with Gasteiger partial charge in [0, 0.05) is 18.1 Å². The van der Waals surface area contributed by atoms with Crippen LogP contribution in [0.5, 0.6) is 0 Å². The summed E-state index contributed by atoms with van der Waals surface area (Å²) < 4.78 is 0. The summed E-state index contributed by atoms with van der Waals surface area (Å²) in [6.07, 6.45) is 3.70. The number of pyridine rings is 1. The predicted molar refractivity (Wildman–Crippen MR) is 81.6 cm³/mol. The monoisotopic (exact) mass is 279 g/mol. The minimum atomic E-state index is -0.715. The zero-order chi connectivity index (χ0) is 15.2. The topological polar surface area (TPSA) is 65.8 Å². The molecule has 1 amide bonds. The number of carbonyl (C=O) groups is 1. The zero-order valence-electron chi connectivity index (χ0n) is 12.1. The molecule has 1 heterocycles. The number of anilines is 1. The van der Waals surface area contributed by atoms with Gasteiger partial charge in [0.05, 0.1) is 6.07 Å². The summed E-state index contributed by atoms with van der Waals surface area (Å²) in [5.41, 5.74) is 3.81. The summed E-state index contributed by atoms with van der Waals surface area (Å²) in [6.45, 7) is 3.94. The zero-order valence-corrected chi connectivity index (χ0v) is 12.1. The van der Waals surface area contributed by atoms with Crippen LogP contribution in [0.1, 0.15) is 16.7 Å². The highest BCUT2D eigenvalue weighted by Gasteiger charge is 2.19. The van der Waals surface area contributed by atoms with Gasteiger partial charge in [-0.25, -0.2) is 0 Å². The Morgan fingerprint density at radius 1 is 1.29 bits per heavy atom. The predicted octanol–water partition coefficient (Wildman–Crippen LogP) is 3.02. The third-order valence-electron chi connectivity index (χ3n) is 3.52. The number of amides is 1. The average Bonchev–Trinajstić information content (AvgIpc) is 2.50. The van der Waals surface area contributed by atoms with Crippen LogP contribution in [0.25, 0.3) is 0 Å². The highest BCUT2D eigenvalue weighted by atomic mass is 16.1. The Balaban J connectivity index is 2.11. The van der Waals surface area contributed by atoms with E-state index < -0.39 is 5.92 Å². The fourth-order valence-electron chi connectivity index (χ4n) is 2.06. The van der Waals surface area contributed by atoms with Crippen LogP contribution in [0.3, 0.4) is 0 Å². The molecule has 0 saturated carbocycles. The maximum absolute atomic E-state index is 12.3. The Bertz CT molecular complexity index is 674. The first kappa shape index (κ1) is 14.7. The van der Waals surface area contributed by atoms with E-state index in [1.165, 1.54) is 0 Å². The molecule has 4 heteroatoms. The third kappa shape index (κ3) is 3.67. The number of hydrogen-bond donors (Lipinski definition) is 1. The molecule has 2 aromatic rings. The Hall–Kier alpha value is -2.67. The smallest absolute Gasteiger partial charge is 0.242 e. The maximum atomic E-state index is 12.3. The number of aromatic nitrogens is 1. The number of carbonyl (C=O) groups excluding carboxylic acids is 1. The molecule has 0 saturated heterocycles. The Morgan fingerprint density at radius 3 is 2.67 bits per heavy atom. The van der Waals surface area contributed by atoms with Gasteiger partial charge < -0.3 is 5.32 Å². The van der Waals surface area contributed by atoms with E-state index in [0.29, 0.717) is 6.42 Å². The fourth-order valence-corrected chi connectivity index (χ4v) is 2.06. The molecular weight excluding hydrogens is 262 g/mol. The van der Waals surface area contributed by atoms with E-state index in [1.54, 1.807) is 12.4 Å². The number of nitriles is 1. The fraction of sp³-hybridized carbons (Fsp3) is 0.235. The van der Waals surface area contributed by atoms with Crippen molar-refractivity contribution in [1.82, 2.24) is 4.98 Å². The minimum absolute atomic E-state index is 0.275. The molecule has 0 bridgehead atoms. The Morgan fingerprint density at radius 2 is 2.00 bits per heavy atom. The Kier molecular flexibility index (Phi) is 4.68. The van der Waals surface area contributed by atoms with Crippen LogP contribution < -0.4 is 5.32 Å². The molecule has 0 aliphatic heterocycles. The van der Waals surface area contributed by atoms with Gasteiger partial charge in [-0.05, 0) is 55.2 Å². The van der Waals surface area contributed by atoms with Crippen molar-refractivity contribution in [1.29, 1.82) is 5.26 Å². The number of aryl methyl sites for hydroxylation is 1. The summed E-state index contributed by atoms with van der Waals surface area (Å²) in [6, 6.07) is 11.4. The van der Waals surface area contributed by atoms with Gasteiger partial charge in [0.25, 0.3) is 0 Å². The molecular formula is C17H17N3O. The minimum Gasteiger partial charge on any atom is -0.325 e. The van der Waals surface area contributed by atoms with Crippen molar-refractivity contribution in [2.24, 2.45) is 5.92 Å². The lowest BCUT2D eigenvalue weighted by atomic mass is 10.00. The molecule has 0 spiro atoms. The van der Waals surface area contributed by atoms with Gasteiger partial charge in [-0.3, -0.25) is 9.78 Å². The molecule has 1 aromatic carbocycles. The maximum Gasteiger partial charge on any atom is 0.242 e. The van der Waals surface area contributed by atoms with Gasteiger partial charge >= 0.3 is 0 Å². The van der Waals surface area contributed by atoms with Gasteiger partial charge in [-0.1, -0.05) is 12.1 Å². The van der Waals surface area contributed by atoms with E-state index in [4.69, 9.17) is 0 Å². The number of benzene rings is 1. The molecule has 21 heavy (non-hydrogen) atoms. The molecule has 4 nitrogen and oxygen atoms in total. The van der Waals surface area contributed by atoms with Crippen molar-refractivity contribution in [3.8, 4) is 6.07 Å². The van der Waals surface area contributed by atoms with Crippen molar-refractivity contribution in [3.63, 3.8) is 0 Å². The van der Waals surface area contributed by atoms with Gasteiger partial charge in [0.15, 0.2) is 0 Å². The number of nitrogens with zero attached hydrogens (tertiary/aromatic N) is 2. The van der Waals surface area contributed by atoms with Crippen LogP contribution in [-0.2, 0) is 11.2 Å². The molecule has 2 rings (SSSR count). The lowest BCUT2D eigenvalue weighted by molar-refractivity contribution is -0.118. The first-order valence-corrected chi connectivity index (χ1v) is 6.77. The summed E-state index contributed by atoms with van der Waals surface area (Å²) >= 11 is 0. The third-order valence-corrected chi connectivity index (χ3v) is 3.52. The standard InChI is InChI=1S/C17H17N3O/c1-12-4-3-5-16(13(12)2)20-17(21)15(11-18)10-14-6-8-19-9-7-14/h3-9,15H,10H2,1-2H3,(H,20,21). The SMILES string of the molecule is Cc1cccc(NC(=O)C(C#N)Cc2ccncc2)c1C. The van der Waals surface area contributed by atoms with Crippen LogP contribution in [0.4, 0.5) is 5.69 Å². The Labute approximate surface area is 124 Å². The van der Waals surface area contributed by atoms with Crippen molar-refractivity contribution in [3.05, 3.63) is 59.4 Å². The molecule has 1 atom stereocenters. The summed E-state index contributed by atoms with van der Waals surface area (Å²) in [5, 5.41) is 12.1. The van der Waals surface area contributed by atoms with E-state index in [0.717, 1.165) is 22.4 Å². The largest absolute Gasteiger partial charge is 0.325 e. The number of nitrogens with one attached hydrogen (secondary N) is 1. The van der Waals surface area contributed by atoms with E-state index in [9.17, 15) is 10.1 Å². The highest BCUT2D eigenvalue weighted by molar-refractivity contribution is 5.95. The van der Waals surface area contributed by atoms with E-state index in [2.05, 4.69) is 16.4 Å². The number of hydrogen-bond acceptors (Lipinski definition) is 3. The van der Waals surface area contributed by atoms with Gasteiger partial charge in [-0.15, -0.1) is 0 Å². The lowest BCUT2D eigenvalue weighted by Crippen LogP contribution is -2.24. The lowest BCUT2D eigenvalue weighted by Gasteiger charge is -2.13. The van der Waals surface area contributed by atoms with Crippen molar-refractivity contribution < 1.29 is 4.79 Å². The molecule has 0 aliphatic rings. The van der Waals surface area contributed by atoms with Crippen molar-refractivity contribution in [2.75, 3.05) is 5.32 Å². The van der Waals surface area contributed by atoms with Crippen LogP contribution in [0.2, 0.25) is 0 Å². The summed E-state index contributed by atoms with van der Waals surface area (Å²) in [7, 11) is 0. The van der Waals surface area contributed by atoms with Crippen LogP contribution in [0.15, 0.2) is 42.7 Å². The second kappa shape index (κ2) is 6.67. The average molecular weight is 279 g/mol. The quantitative estimate of drug-likeness (QED) is 0.935. The van der Waals surface area contributed by atoms with Crippen molar-refractivity contribution in [2.45, 2.75) is 20.3 Å². The highest BCUT2D eigenvalue weighted by Crippen LogP contribution is 2.19. The molecule has 0 radical (unpaired) electrons. The van der Waals surface area contributed by atoms with Gasteiger partial charge in [0.1, 0.15) is 5.92 Å². The van der Waals surface area contributed by atoms with Crippen molar-refractivity contribution >= 4 is 11.6 Å². The number of rotatable bonds is 4.